The standard InChI is InChI=1S/C13H23N3O.ClH/c17-13-11-4-2-6-16(12(11)8-15-13)9-10-3-1-5-14-7-10;/h10-12,14H,1-9H2,(H,15,17);1H/t10?,11-,12-;/m1./s1. The van der Waals surface area contributed by atoms with E-state index < -0.39 is 0 Å². The van der Waals surface area contributed by atoms with Gasteiger partial charge in [-0.1, -0.05) is 0 Å². The number of halogens is 1. The third-order valence-corrected chi connectivity index (χ3v) is 4.61. The first-order valence-corrected chi connectivity index (χ1v) is 7.07. The quantitative estimate of drug-likeness (QED) is 0.775. The summed E-state index contributed by atoms with van der Waals surface area (Å²) in [6.45, 7) is 5.59. The monoisotopic (exact) mass is 273 g/mol. The average Bonchev–Trinajstić information content (AvgIpc) is 2.74. The summed E-state index contributed by atoms with van der Waals surface area (Å²) in [5, 5.41) is 6.52. The third-order valence-electron chi connectivity index (χ3n) is 4.61. The molecule has 0 aromatic rings. The van der Waals surface area contributed by atoms with Crippen LogP contribution in [-0.2, 0) is 4.79 Å². The van der Waals surface area contributed by atoms with Crippen LogP contribution in [0.25, 0.3) is 0 Å². The molecule has 4 nitrogen and oxygen atoms in total. The fourth-order valence-electron chi connectivity index (χ4n) is 3.68. The minimum absolute atomic E-state index is 0. The summed E-state index contributed by atoms with van der Waals surface area (Å²) >= 11 is 0. The number of carbonyl (C=O) groups is 1. The van der Waals surface area contributed by atoms with E-state index >= 15 is 0 Å². The Balaban J connectivity index is 0.00000120. The molecule has 0 saturated carbocycles. The van der Waals surface area contributed by atoms with Gasteiger partial charge in [0, 0.05) is 19.1 Å². The van der Waals surface area contributed by atoms with Crippen molar-refractivity contribution < 1.29 is 4.79 Å². The zero-order chi connectivity index (χ0) is 11.7. The molecule has 1 amide bonds. The summed E-state index contributed by atoms with van der Waals surface area (Å²) in [5.41, 5.74) is 0. The Bertz CT molecular complexity index is 294. The Morgan fingerprint density at radius 2 is 2.11 bits per heavy atom. The highest BCUT2D eigenvalue weighted by atomic mass is 35.5. The van der Waals surface area contributed by atoms with Crippen LogP contribution in [0, 0.1) is 11.8 Å². The molecule has 3 aliphatic heterocycles. The summed E-state index contributed by atoms with van der Waals surface area (Å²) in [4.78, 5) is 14.3. The van der Waals surface area contributed by atoms with Gasteiger partial charge in [-0.25, -0.2) is 0 Å². The van der Waals surface area contributed by atoms with Crippen molar-refractivity contribution in [3.8, 4) is 0 Å². The van der Waals surface area contributed by atoms with Gasteiger partial charge in [-0.3, -0.25) is 9.69 Å². The molecule has 3 atom stereocenters. The number of nitrogens with one attached hydrogen (secondary N) is 2. The molecule has 3 rings (SSSR count). The van der Waals surface area contributed by atoms with Gasteiger partial charge >= 0.3 is 0 Å². The molecule has 18 heavy (non-hydrogen) atoms. The van der Waals surface area contributed by atoms with E-state index in [2.05, 4.69) is 15.5 Å². The predicted molar refractivity (Wildman–Crippen MR) is 73.9 cm³/mol. The Labute approximate surface area is 115 Å². The van der Waals surface area contributed by atoms with Crippen molar-refractivity contribution in [1.29, 1.82) is 0 Å². The Hall–Kier alpha value is -0.320. The second kappa shape index (κ2) is 6.22. The van der Waals surface area contributed by atoms with Gasteiger partial charge in [0.2, 0.25) is 5.91 Å². The number of rotatable bonds is 2. The molecule has 0 aromatic carbocycles. The van der Waals surface area contributed by atoms with Crippen molar-refractivity contribution in [3.05, 3.63) is 0 Å². The summed E-state index contributed by atoms with van der Waals surface area (Å²) in [6.07, 6.45) is 4.94. The van der Waals surface area contributed by atoms with Gasteiger partial charge in [-0.2, -0.15) is 0 Å². The van der Waals surface area contributed by atoms with Crippen molar-refractivity contribution in [3.63, 3.8) is 0 Å². The van der Waals surface area contributed by atoms with Crippen LogP contribution in [0.15, 0.2) is 0 Å². The molecule has 5 heteroatoms. The summed E-state index contributed by atoms with van der Waals surface area (Å²) in [7, 11) is 0. The van der Waals surface area contributed by atoms with E-state index in [9.17, 15) is 4.79 Å². The van der Waals surface area contributed by atoms with Crippen molar-refractivity contribution in [2.45, 2.75) is 31.7 Å². The second-order valence-electron chi connectivity index (χ2n) is 5.77. The Morgan fingerprint density at radius 3 is 2.89 bits per heavy atom. The summed E-state index contributed by atoms with van der Waals surface area (Å²) in [6, 6.07) is 0.484. The van der Waals surface area contributed by atoms with Crippen molar-refractivity contribution >= 4 is 18.3 Å². The number of likely N-dealkylation sites (tertiary alicyclic amines) is 1. The molecular weight excluding hydrogens is 250 g/mol. The van der Waals surface area contributed by atoms with Crippen LogP contribution in [0.2, 0.25) is 0 Å². The lowest BCUT2D eigenvalue weighted by molar-refractivity contribution is -0.124. The van der Waals surface area contributed by atoms with Crippen molar-refractivity contribution in [1.82, 2.24) is 15.5 Å². The normalized spacial score (nSPS) is 36.7. The van der Waals surface area contributed by atoms with Gasteiger partial charge in [0.25, 0.3) is 0 Å². The first-order valence-electron chi connectivity index (χ1n) is 7.07. The van der Waals surface area contributed by atoms with Crippen LogP contribution in [0.4, 0.5) is 0 Å². The molecule has 3 heterocycles. The van der Waals surface area contributed by atoms with Gasteiger partial charge in [-0.15, -0.1) is 12.4 Å². The topological polar surface area (TPSA) is 44.4 Å². The molecule has 3 fully saturated rings. The largest absolute Gasteiger partial charge is 0.354 e. The maximum atomic E-state index is 11.7. The SMILES string of the molecule is Cl.O=C1NC[C@@H]2[C@H]1CCCN2CC1CCCNC1. The second-order valence-corrected chi connectivity index (χ2v) is 5.77. The lowest BCUT2D eigenvalue weighted by Gasteiger charge is -2.38. The summed E-state index contributed by atoms with van der Waals surface area (Å²) < 4.78 is 0. The molecule has 3 saturated heterocycles. The first-order chi connectivity index (χ1) is 8.34. The number of hydrogen-bond acceptors (Lipinski definition) is 3. The van der Waals surface area contributed by atoms with E-state index in [0.29, 0.717) is 11.9 Å². The van der Waals surface area contributed by atoms with Gasteiger partial charge in [-0.05, 0) is 51.2 Å². The lowest BCUT2D eigenvalue weighted by Crippen LogP contribution is -2.49. The number of fused-ring (bicyclic) bond motifs is 1. The van der Waals surface area contributed by atoms with E-state index in [0.717, 1.165) is 25.4 Å². The highest BCUT2D eigenvalue weighted by molar-refractivity contribution is 5.85. The van der Waals surface area contributed by atoms with E-state index in [-0.39, 0.29) is 18.3 Å². The molecule has 104 valence electrons. The molecule has 2 N–H and O–H groups in total. The van der Waals surface area contributed by atoms with E-state index in [1.54, 1.807) is 0 Å². The van der Waals surface area contributed by atoms with Crippen molar-refractivity contribution in [2.75, 3.05) is 32.7 Å². The lowest BCUT2D eigenvalue weighted by atomic mass is 9.89. The van der Waals surface area contributed by atoms with Gasteiger partial charge < -0.3 is 10.6 Å². The zero-order valence-electron chi connectivity index (χ0n) is 10.9. The van der Waals surface area contributed by atoms with Crippen LogP contribution in [-0.4, -0.2) is 49.6 Å². The molecule has 0 bridgehead atoms. The smallest absolute Gasteiger partial charge is 0.224 e. The molecular formula is C13H24ClN3O. The van der Waals surface area contributed by atoms with Gasteiger partial charge in [0.15, 0.2) is 0 Å². The van der Waals surface area contributed by atoms with Crippen molar-refractivity contribution in [2.24, 2.45) is 11.8 Å². The first kappa shape index (κ1) is 14.1. The van der Waals surface area contributed by atoms with Crippen LogP contribution in [0.1, 0.15) is 25.7 Å². The van der Waals surface area contributed by atoms with Crippen LogP contribution < -0.4 is 10.6 Å². The number of amides is 1. The summed E-state index contributed by atoms with van der Waals surface area (Å²) in [5.74, 6) is 1.36. The number of nitrogens with zero attached hydrogens (tertiary/aromatic N) is 1. The number of piperidine rings is 2. The molecule has 1 unspecified atom stereocenters. The molecule has 0 radical (unpaired) electrons. The number of hydrogen-bond donors (Lipinski definition) is 2. The van der Waals surface area contributed by atoms with E-state index in [1.807, 2.05) is 0 Å². The van der Waals surface area contributed by atoms with Gasteiger partial charge in [0.05, 0.1) is 5.92 Å². The highest BCUT2D eigenvalue weighted by Crippen LogP contribution is 2.28. The van der Waals surface area contributed by atoms with Gasteiger partial charge in [0.1, 0.15) is 0 Å². The third kappa shape index (κ3) is 2.81. The Kier molecular flexibility index (Phi) is 4.87. The predicted octanol–water partition coefficient (Wildman–Crippen LogP) is 0.618. The highest BCUT2D eigenvalue weighted by Gasteiger charge is 2.41. The number of carbonyl (C=O) groups excluding carboxylic acids is 1. The molecule has 0 spiro atoms. The fourth-order valence-corrected chi connectivity index (χ4v) is 3.68. The Morgan fingerprint density at radius 1 is 1.22 bits per heavy atom. The molecule has 3 aliphatic rings. The fraction of sp³-hybridized carbons (Fsp3) is 0.923. The van der Waals surface area contributed by atoms with Crippen LogP contribution >= 0.6 is 12.4 Å². The van der Waals surface area contributed by atoms with Crippen LogP contribution in [0.3, 0.4) is 0 Å². The minimum atomic E-state index is 0. The maximum absolute atomic E-state index is 11.7. The molecule has 0 aliphatic carbocycles. The average molecular weight is 274 g/mol. The zero-order valence-corrected chi connectivity index (χ0v) is 11.7. The van der Waals surface area contributed by atoms with Crippen LogP contribution in [0.5, 0.6) is 0 Å². The molecule has 0 aromatic heterocycles. The maximum Gasteiger partial charge on any atom is 0.224 e. The minimum Gasteiger partial charge on any atom is -0.354 e. The van der Waals surface area contributed by atoms with E-state index in [1.165, 1.54) is 38.9 Å². The van der Waals surface area contributed by atoms with E-state index in [4.69, 9.17) is 0 Å².